The maximum atomic E-state index is 12.3. The predicted molar refractivity (Wildman–Crippen MR) is 126 cm³/mol. The van der Waals surface area contributed by atoms with Crippen LogP contribution in [0.3, 0.4) is 0 Å². The molecule has 1 fully saturated rings. The molecule has 2 atom stereocenters. The van der Waals surface area contributed by atoms with E-state index in [0.29, 0.717) is 11.1 Å². The van der Waals surface area contributed by atoms with Gasteiger partial charge in [0, 0.05) is 35.6 Å². The minimum atomic E-state index is -1.14. The average Bonchev–Trinajstić information content (AvgIpc) is 3.27. The molecule has 1 aliphatic rings. The van der Waals surface area contributed by atoms with Crippen LogP contribution in [-0.2, 0) is 20.8 Å². The van der Waals surface area contributed by atoms with Gasteiger partial charge in [0.25, 0.3) is 5.91 Å². The topological polar surface area (TPSA) is 88.1 Å². The summed E-state index contributed by atoms with van der Waals surface area (Å²) in [6, 6.07) is 9.57. The van der Waals surface area contributed by atoms with Crippen LogP contribution in [-0.4, -0.2) is 67.4 Å². The largest absolute Gasteiger partial charge is 0.467 e. The average molecular weight is 467 g/mol. The van der Waals surface area contributed by atoms with E-state index in [-0.39, 0.29) is 0 Å². The Morgan fingerprint density at radius 3 is 2.52 bits per heavy atom. The van der Waals surface area contributed by atoms with Gasteiger partial charge in [0.05, 0.1) is 31.3 Å². The van der Waals surface area contributed by atoms with E-state index in [9.17, 15) is 14.7 Å². The summed E-state index contributed by atoms with van der Waals surface area (Å²) < 4.78 is 9.98. The molecule has 1 saturated heterocycles. The molecule has 0 spiro atoms. The number of nitrogens with one attached hydrogen (secondary N) is 1. The fourth-order valence-corrected chi connectivity index (χ4v) is 4.04. The van der Waals surface area contributed by atoms with E-state index in [1.165, 1.54) is 18.9 Å². The second kappa shape index (κ2) is 12.2. The number of rotatable bonds is 6. The standard InChI is InChI=1S/C25H26N2O5S/c1-18(28)23(25(30)31-2)26-24(29)20-9-7-19(8-10-20)5-3-4-6-21-11-12-22(33-21)17-27-13-15-32-16-14-27/h7-12,18,23,28H,13-17H2,1-2H3,(H,26,29)/t18-,23-/m1/s1. The highest BCUT2D eigenvalue weighted by molar-refractivity contribution is 7.12. The molecule has 1 amide bonds. The first-order valence-electron chi connectivity index (χ1n) is 10.5. The zero-order chi connectivity index (χ0) is 23.6. The Hall–Kier alpha value is -3.14. The second-order valence-electron chi connectivity index (χ2n) is 7.45. The Balaban J connectivity index is 1.55. The summed E-state index contributed by atoms with van der Waals surface area (Å²) in [4.78, 5) is 28.6. The van der Waals surface area contributed by atoms with Crippen LogP contribution >= 0.6 is 11.3 Å². The highest BCUT2D eigenvalue weighted by Crippen LogP contribution is 2.18. The molecule has 1 aromatic carbocycles. The Bertz CT molecular complexity index is 1080. The lowest BCUT2D eigenvalue weighted by Crippen LogP contribution is -2.48. The molecule has 0 bridgehead atoms. The smallest absolute Gasteiger partial charge is 0.331 e. The van der Waals surface area contributed by atoms with Gasteiger partial charge in [-0.1, -0.05) is 5.92 Å². The minimum Gasteiger partial charge on any atom is -0.467 e. The number of carbonyl (C=O) groups is 2. The van der Waals surface area contributed by atoms with Crippen LogP contribution in [0.1, 0.15) is 32.6 Å². The van der Waals surface area contributed by atoms with Crippen LogP contribution in [0.25, 0.3) is 0 Å². The number of carbonyl (C=O) groups excluding carboxylic acids is 2. The Morgan fingerprint density at radius 1 is 1.15 bits per heavy atom. The zero-order valence-electron chi connectivity index (χ0n) is 18.6. The van der Waals surface area contributed by atoms with Gasteiger partial charge in [-0.15, -0.1) is 11.3 Å². The van der Waals surface area contributed by atoms with E-state index in [0.717, 1.165) is 37.7 Å². The Kier molecular flexibility index (Phi) is 9.05. The van der Waals surface area contributed by atoms with Gasteiger partial charge in [0.1, 0.15) is 0 Å². The third-order valence-corrected chi connectivity index (χ3v) is 5.96. The maximum Gasteiger partial charge on any atom is 0.331 e. The van der Waals surface area contributed by atoms with Crippen molar-refractivity contribution in [1.82, 2.24) is 10.2 Å². The molecule has 33 heavy (non-hydrogen) atoms. The number of esters is 1. The summed E-state index contributed by atoms with van der Waals surface area (Å²) in [7, 11) is 1.20. The molecule has 7 nitrogen and oxygen atoms in total. The minimum absolute atomic E-state index is 0.340. The number of aliphatic hydroxyl groups is 1. The van der Waals surface area contributed by atoms with E-state index >= 15 is 0 Å². The molecule has 0 radical (unpaired) electrons. The summed E-state index contributed by atoms with van der Waals surface area (Å²) in [5.41, 5.74) is 1.05. The first-order valence-corrected chi connectivity index (χ1v) is 11.4. The third kappa shape index (κ3) is 7.45. The lowest BCUT2D eigenvalue weighted by Gasteiger charge is -2.25. The molecule has 8 heteroatoms. The van der Waals surface area contributed by atoms with E-state index in [1.54, 1.807) is 35.6 Å². The highest BCUT2D eigenvalue weighted by atomic mass is 32.1. The van der Waals surface area contributed by atoms with Crippen molar-refractivity contribution < 1.29 is 24.2 Å². The van der Waals surface area contributed by atoms with Crippen molar-refractivity contribution in [3.63, 3.8) is 0 Å². The van der Waals surface area contributed by atoms with E-state index in [2.05, 4.69) is 44.7 Å². The molecule has 1 aliphatic heterocycles. The normalized spacial score (nSPS) is 15.2. The molecule has 172 valence electrons. The lowest BCUT2D eigenvalue weighted by molar-refractivity contribution is -0.145. The van der Waals surface area contributed by atoms with Crippen LogP contribution < -0.4 is 5.32 Å². The van der Waals surface area contributed by atoms with E-state index in [4.69, 9.17) is 4.74 Å². The molecular weight excluding hydrogens is 440 g/mol. The van der Waals surface area contributed by atoms with Crippen molar-refractivity contribution >= 4 is 23.2 Å². The summed E-state index contributed by atoms with van der Waals surface area (Å²) in [5.74, 6) is 10.5. The Morgan fingerprint density at radius 2 is 1.85 bits per heavy atom. The Labute approximate surface area is 197 Å². The molecule has 2 heterocycles. The van der Waals surface area contributed by atoms with Crippen molar-refractivity contribution in [2.75, 3.05) is 33.4 Å². The van der Waals surface area contributed by atoms with E-state index < -0.39 is 24.0 Å². The number of benzene rings is 1. The van der Waals surface area contributed by atoms with Crippen molar-refractivity contribution in [2.45, 2.75) is 25.6 Å². The number of methoxy groups -OCH3 is 1. The van der Waals surface area contributed by atoms with Crippen LogP contribution in [0.2, 0.25) is 0 Å². The van der Waals surface area contributed by atoms with Crippen molar-refractivity contribution in [3.8, 4) is 23.7 Å². The quantitative estimate of drug-likeness (QED) is 0.497. The van der Waals surface area contributed by atoms with Crippen molar-refractivity contribution in [1.29, 1.82) is 0 Å². The van der Waals surface area contributed by atoms with Gasteiger partial charge in [0.2, 0.25) is 0 Å². The van der Waals surface area contributed by atoms with Gasteiger partial charge in [-0.05, 0) is 61.1 Å². The van der Waals surface area contributed by atoms with Gasteiger partial charge >= 0.3 is 5.97 Å². The molecule has 2 aromatic rings. The van der Waals surface area contributed by atoms with Gasteiger partial charge in [0.15, 0.2) is 6.04 Å². The fraction of sp³-hybridized carbons (Fsp3) is 0.360. The molecule has 2 N–H and O–H groups in total. The highest BCUT2D eigenvalue weighted by Gasteiger charge is 2.26. The first-order chi connectivity index (χ1) is 16.0. The number of hydrogen-bond donors (Lipinski definition) is 2. The molecule has 3 rings (SSSR count). The van der Waals surface area contributed by atoms with Crippen LogP contribution in [0.15, 0.2) is 36.4 Å². The summed E-state index contributed by atoms with van der Waals surface area (Å²) in [5, 5.41) is 12.1. The summed E-state index contributed by atoms with van der Waals surface area (Å²) in [6.45, 7) is 5.81. The number of aliphatic hydroxyl groups excluding tert-OH is 1. The zero-order valence-corrected chi connectivity index (χ0v) is 19.4. The number of hydrogen-bond acceptors (Lipinski definition) is 7. The lowest BCUT2D eigenvalue weighted by atomic mass is 10.1. The van der Waals surface area contributed by atoms with E-state index in [1.807, 2.05) is 6.07 Å². The molecule has 0 aliphatic carbocycles. The number of ether oxygens (including phenoxy) is 2. The van der Waals surface area contributed by atoms with Crippen molar-refractivity contribution in [2.24, 2.45) is 0 Å². The number of morpholine rings is 1. The predicted octanol–water partition coefficient (Wildman–Crippen LogP) is 1.64. The molecule has 0 saturated carbocycles. The molecule has 1 aromatic heterocycles. The molecular formula is C25H26N2O5S. The SMILES string of the molecule is COC(=O)[C@H](NC(=O)c1ccc(C#CC#Cc2ccc(CN3CCOCC3)s2)cc1)[C@@H](C)O. The number of amides is 1. The number of nitrogens with zero attached hydrogens (tertiary/aromatic N) is 1. The number of thiophene rings is 1. The fourth-order valence-electron chi connectivity index (χ4n) is 3.14. The van der Waals surface area contributed by atoms with Crippen LogP contribution in [0.4, 0.5) is 0 Å². The first kappa shape index (κ1) is 24.5. The molecule has 0 unspecified atom stereocenters. The maximum absolute atomic E-state index is 12.3. The van der Waals surface area contributed by atoms with Crippen molar-refractivity contribution in [3.05, 3.63) is 57.3 Å². The third-order valence-electron chi connectivity index (χ3n) is 4.97. The van der Waals surface area contributed by atoms with Crippen LogP contribution in [0, 0.1) is 23.7 Å². The monoisotopic (exact) mass is 466 g/mol. The summed E-state index contributed by atoms with van der Waals surface area (Å²) in [6.07, 6.45) is -1.08. The van der Waals surface area contributed by atoms with Gasteiger partial charge in [-0.25, -0.2) is 4.79 Å². The van der Waals surface area contributed by atoms with Gasteiger partial charge < -0.3 is 19.9 Å². The second-order valence-corrected chi connectivity index (χ2v) is 8.62. The van der Waals surface area contributed by atoms with Crippen LogP contribution in [0.5, 0.6) is 0 Å². The van der Waals surface area contributed by atoms with Gasteiger partial charge in [-0.2, -0.15) is 0 Å². The van der Waals surface area contributed by atoms with Gasteiger partial charge in [-0.3, -0.25) is 9.69 Å². The summed E-state index contributed by atoms with van der Waals surface area (Å²) >= 11 is 1.67.